The summed E-state index contributed by atoms with van der Waals surface area (Å²) in [6, 6.07) is 0.265. The molecular formula is C15H26N2O3S. The minimum absolute atomic E-state index is 0.00700. The molecule has 21 heavy (non-hydrogen) atoms. The summed E-state index contributed by atoms with van der Waals surface area (Å²) in [4.78, 5) is 25.1. The molecule has 2 N–H and O–H groups in total. The van der Waals surface area contributed by atoms with Crippen molar-refractivity contribution < 1.29 is 14.7 Å². The van der Waals surface area contributed by atoms with Gasteiger partial charge in [0, 0.05) is 24.4 Å². The summed E-state index contributed by atoms with van der Waals surface area (Å²) in [5, 5.41) is 12.7. The van der Waals surface area contributed by atoms with Crippen LogP contribution in [0.3, 0.4) is 0 Å². The molecule has 0 radical (unpaired) electrons. The number of carbonyl (C=O) groups is 2. The predicted octanol–water partition coefficient (Wildman–Crippen LogP) is 2.56. The Labute approximate surface area is 130 Å². The maximum Gasteiger partial charge on any atom is 0.317 e. The number of likely N-dealkylation sites (tertiary alicyclic amines) is 1. The van der Waals surface area contributed by atoms with Gasteiger partial charge in [0.1, 0.15) is 0 Å². The van der Waals surface area contributed by atoms with Gasteiger partial charge < -0.3 is 15.3 Å². The first-order valence-corrected chi connectivity index (χ1v) is 9.06. The zero-order valence-corrected chi connectivity index (χ0v) is 13.5. The lowest BCUT2D eigenvalue weighted by atomic mass is 9.94. The number of carboxylic acid groups (broad SMARTS) is 1. The SMILES string of the molecule is CCSC1CCCCC1NC(=O)N1CCC(C(=O)O)CC1. The molecule has 1 saturated heterocycles. The van der Waals surface area contributed by atoms with Crippen LogP contribution in [0.2, 0.25) is 0 Å². The van der Waals surface area contributed by atoms with E-state index in [1.54, 1.807) is 4.90 Å². The summed E-state index contributed by atoms with van der Waals surface area (Å²) >= 11 is 1.94. The molecule has 2 unspecified atom stereocenters. The maximum atomic E-state index is 12.4. The van der Waals surface area contributed by atoms with Gasteiger partial charge in [0.2, 0.25) is 0 Å². The molecule has 2 atom stereocenters. The fraction of sp³-hybridized carbons (Fsp3) is 0.867. The highest BCUT2D eigenvalue weighted by Crippen LogP contribution is 2.29. The first kappa shape index (κ1) is 16.5. The number of thioether (sulfide) groups is 1. The Kier molecular flexibility index (Phi) is 6.21. The molecule has 1 aliphatic heterocycles. The summed E-state index contributed by atoms with van der Waals surface area (Å²) in [5.74, 6) is 0.0648. The number of urea groups is 1. The number of amides is 2. The normalized spacial score (nSPS) is 27.4. The first-order chi connectivity index (χ1) is 10.1. The average Bonchev–Trinajstić information content (AvgIpc) is 2.49. The Morgan fingerprint density at radius 3 is 2.48 bits per heavy atom. The summed E-state index contributed by atoms with van der Waals surface area (Å²) in [7, 11) is 0. The average molecular weight is 314 g/mol. The molecule has 2 fully saturated rings. The van der Waals surface area contributed by atoms with Crippen LogP contribution in [-0.4, -0.2) is 52.1 Å². The number of rotatable bonds is 4. The van der Waals surface area contributed by atoms with Crippen molar-refractivity contribution in [2.24, 2.45) is 5.92 Å². The van der Waals surface area contributed by atoms with E-state index in [0.29, 0.717) is 31.2 Å². The van der Waals surface area contributed by atoms with Gasteiger partial charge in [-0.05, 0) is 31.4 Å². The van der Waals surface area contributed by atoms with E-state index < -0.39 is 5.97 Å². The van der Waals surface area contributed by atoms with Gasteiger partial charge in [-0.2, -0.15) is 11.8 Å². The van der Waals surface area contributed by atoms with Crippen molar-refractivity contribution in [1.82, 2.24) is 10.2 Å². The molecule has 1 heterocycles. The number of piperidine rings is 1. The quantitative estimate of drug-likeness (QED) is 0.837. The molecule has 0 bridgehead atoms. The van der Waals surface area contributed by atoms with Crippen LogP contribution in [0.4, 0.5) is 4.79 Å². The Balaban J connectivity index is 1.82. The fourth-order valence-corrected chi connectivity index (χ4v) is 4.45. The van der Waals surface area contributed by atoms with E-state index in [1.165, 1.54) is 19.3 Å². The van der Waals surface area contributed by atoms with Crippen molar-refractivity contribution in [2.75, 3.05) is 18.8 Å². The van der Waals surface area contributed by atoms with Crippen LogP contribution >= 0.6 is 11.8 Å². The van der Waals surface area contributed by atoms with E-state index in [2.05, 4.69) is 12.2 Å². The summed E-state index contributed by atoms with van der Waals surface area (Å²) in [6.07, 6.45) is 5.83. The second kappa shape index (κ2) is 7.92. The van der Waals surface area contributed by atoms with Gasteiger partial charge in [-0.25, -0.2) is 4.79 Å². The van der Waals surface area contributed by atoms with Gasteiger partial charge in [-0.15, -0.1) is 0 Å². The molecule has 0 aromatic carbocycles. The lowest BCUT2D eigenvalue weighted by Crippen LogP contribution is -2.51. The molecule has 0 spiro atoms. The minimum Gasteiger partial charge on any atom is -0.481 e. The maximum absolute atomic E-state index is 12.4. The number of hydrogen-bond donors (Lipinski definition) is 2. The molecule has 2 amide bonds. The molecule has 0 aromatic heterocycles. The number of hydrogen-bond acceptors (Lipinski definition) is 3. The Morgan fingerprint density at radius 2 is 1.86 bits per heavy atom. The monoisotopic (exact) mass is 314 g/mol. The number of carboxylic acids is 1. The van der Waals surface area contributed by atoms with Crippen molar-refractivity contribution >= 4 is 23.8 Å². The lowest BCUT2D eigenvalue weighted by molar-refractivity contribution is -0.143. The van der Waals surface area contributed by atoms with E-state index >= 15 is 0 Å². The minimum atomic E-state index is -0.734. The Bertz CT molecular complexity index is 368. The van der Waals surface area contributed by atoms with Crippen molar-refractivity contribution in [3.63, 3.8) is 0 Å². The standard InChI is InChI=1S/C15H26N2O3S/c1-2-21-13-6-4-3-5-12(13)16-15(20)17-9-7-11(8-10-17)14(18)19/h11-13H,2-10H2,1H3,(H,16,20)(H,18,19). The van der Waals surface area contributed by atoms with Crippen molar-refractivity contribution in [2.45, 2.75) is 56.7 Å². The van der Waals surface area contributed by atoms with Crippen LogP contribution in [0.15, 0.2) is 0 Å². The zero-order valence-electron chi connectivity index (χ0n) is 12.7. The topological polar surface area (TPSA) is 69.6 Å². The highest BCUT2D eigenvalue weighted by atomic mass is 32.2. The molecule has 5 nitrogen and oxygen atoms in total. The molecule has 1 aliphatic carbocycles. The van der Waals surface area contributed by atoms with Crippen LogP contribution in [0.5, 0.6) is 0 Å². The molecule has 6 heteroatoms. The molecule has 1 saturated carbocycles. The fourth-order valence-electron chi connectivity index (χ4n) is 3.25. The van der Waals surface area contributed by atoms with Gasteiger partial charge in [-0.1, -0.05) is 19.8 Å². The van der Waals surface area contributed by atoms with Crippen LogP contribution in [0.25, 0.3) is 0 Å². The molecule has 0 aromatic rings. The van der Waals surface area contributed by atoms with Crippen molar-refractivity contribution in [3.8, 4) is 0 Å². The smallest absolute Gasteiger partial charge is 0.317 e. The number of carbonyl (C=O) groups excluding carboxylic acids is 1. The zero-order chi connectivity index (χ0) is 15.2. The number of nitrogens with one attached hydrogen (secondary N) is 1. The van der Waals surface area contributed by atoms with Gasteiger partial charge >= 0.3 is 12.0 Å². The summed E-state index contributed by atoms with van der Waals surface area (Å²) in [5.41, 5.74) is 0. The third-order valence-corrected chi connectivity index (χ3v) is 5.85. The largest absolute Gasteiger partial charge is 0.481 e. The highest BCUT2D eigenvalue weighted by molar-refractivity contribution is 7.99. The molecule has 2 rings (SSSR count). The number of nitrogens with zero attached hydrogens (tertiary/aromatic N) is 1. The molecule has 2 aliphatic rings. The van der Waals surface area contributed by atoms with Gasteiger partial charge in [0.05, 0.1) is 5.92 Å². The number of aliphatic carboxylic acids is 1. The summed E-state index contributed by atoms with van der Waals surface area (Å²) < 4.78 is 0. The van der Waals surface area contributed by atoms with Gasteiger partial charge in [0.25, 0.3) is 0 Å². The second-order valence-electron chi connectivity index (χ2n) is 5.93. The predicted molar refractivity (Wildman–Crippen MR) is 84.6 cm³/mol. The van der Waals surface area contributed by atoms with E-state index in [4.69, 9.17) is 5.11 Å². The highest BCUT2D eigenvalue weighted by Gasteiger charge is 2.30. The lowest BCUT2D eigenvalue weighted by Gasteiger charge is -2.35. The first-order valence-electron chi connectivity index (χ1n) is 8.01. The summed E-state index contributed by atoms with van der Waals surface area (Å²) in [6.45, 7) is 3.27. The van der Waals surface area contributed by atoms with Crippen molar-refractivity contribution in [1.29, 1.82) is 0 Å². The van der Waals surface area contributed by atoms with E-state index in [-0.39, 0.29) is 18.0 Å². The van der Waals surface area contributed by atoms with Crippen LogP contribution < -0.4 is 5.32 Å². The van der Waals surface area contributed by atoms with Gasteiger partial charge in [-0.3, -0.25) is 4.79 Å². The second-order valence-corrected chi connectivity index (χ2v) is 7.45. The van der Waals surface area contributed by atoms with E-state index in [1.807, 2.05) is 11.8 Å². The van der Waals surface area contributed by atoms with Crippen molar-refractivity contribution in [3.05, 3.63) is 0 Å². The van der Waals surface area contributed by atoms with Crippen LogP contribution in [0, 0.1) is 5.92 Å². The van der Waals surface area contributed by atoms with E-state index in [9.17, 15) is 9.59 Å². The van der Waals surface area contributed by atoms with Gasteiger partial charge in [0.15, 0.2) is 0 Å². The Morgan fingerprint density at radius 1 is 1.19 bits per heavy atom. The van der Waals surface area contributed by atoms with E-state index in [0.717, 1.165) is 12.2 Å². The molecule has 120 valence electrons. The third-order valence-electron chi connectivity index (χ3n) is 4.52. The Hall–Kier alpha value is -0.910. The third kappa shape index (κ3) is 4.53. The van der Waals surface area contributed by atoms with Crippen LogP contribution in [-0.2, 0) is 4.79 Å². The molecular weight excluding hydrogens is 288 g/mol. The van der Waals surface area contributed by atoms with Crippen LogP contribution in [0.1, 0.15) is 45.4 Å².